The molecule has 0 unspecified atom stereocenters. The van der Waals surface area contributed by atoms with Gasteiger partial charge in [0, 0.05) is 29.8 Å². The Kier molecular flexibility index (Phi) is 5.29. The van der Waals surface area contributed by atoms with Crippen molar-refractivity contribution in [2.45, 2.75) is 30.8 Å². The maximum absolute atomic E-state index is 12.8. The Bertz CT molecular complexity index is 1350. The molecule has 0 aliphatic heterocycles. The molecule has 0 fully saturated rings. The van der Waals surface area contributed by atoms with Crippen molar-refractivity contribution in [3.05, 3.63) is 74.2 Å². The predicted octanol–water partition coefficient (Wildman–Crippen LogP) is 4.31. The summed E-state index contributed by atoms with van der Waals surface area (Å²) in [6.45, 7) is 6.03. The molecule has 3 heterocycles. The lowest BCUT2D eigenvalue weighted by Gasteiger charge is -2.11. The van der Waals surface area contributed by atoms with E-state index in [1.807, 2.05) is 18.4 Å². The number of rotatable bonds is 6. The highest BCUT2D eigenvalue weighted by Gasteiger charge is 2.14. The third-order valence-corrected chi connectivity index (χ3v) is 6.46. The zero-order chi connectivity index (χ0) is 20.5. The molecule has 0 spiro atoms. The fraction of sp³-hybridized carbons (Fsp3) is 0.190. The van der Waals surface area contributed by atoms with Crippen LogP contribution >= 0.6 is 23.1 Å². The van der Waals surface area contributed by atoms with Crippen molar-refractivity contribution < 1.29 is 9.52 Å². The highest BCUT2D eigenvalue weighted by molar-refractivity contribution is 7.98. The second-order valence-electron chi connectivity index (χ2n) is 6.45. The fourth-order valence-corrected chi connectivity index (χ4v) is 4.99. The van der Waals surface area contributed by atoms with Gasteiger partial charge in [0.25, 0.3) is 5.56 Å². The second kappa shape index (κ2) is 7.88. The van der Waals surface area contributed by atoms with Crippen molar-refractivity contribution in [1.82, 2.24) is 9.55 Å². The topological polar surface area (TPSA) is 85.3 Å². The molecule has 0 saturated heterocycles. The molecule has 6 nitrogen and oxygen atoms in total. The van der Waals surface area contributed by atoms with Crippen molar-refractivity contribution in [3.63, 3.8) is 0 Å². The molecule has 148 valence electrons. The van der Waals surface area contributed by atoms with E-state index in [0.717, 1.165) is 16.5 Å². The number of thiophene rings is 1. The van der Waals surface area contributed by atoms with Crippen LogP contribution in [-0.4, -0.2) is 14.7 Å². The Morgan fingerprint density at radius 3 is 2.86 bits per heavy atom. The molecule has 4 aromatic rings. The quantitative estimate of drug-likeness (QED) is 0.214. The van der Waals surface area contributed by atoms with Gasteiger partial charge in [0.2, 0.25) is 0 Å². The molecule has 0 radical (unpaired) electrons. The van der Waals surface area contributed by atoms with Gasteiger partial charge in [-0.3, -0.25) is 9.36 Å². The average molecular weight is 427 g/mol. The molecule has 1 aromatic carbocycles. The standard InChI is InChI=1S/C21H18N2O4S2/c1-3-6-23-20(26)14-5-7-28-19(14)22-21(23)29-11-13-9-18(25)27-17-10-16(24)12(4-2)8-15(13)17/h3,5,7-10,24H,1,4,6,11H2,2H3. The number of allylic oxidation sites excluding steroid dienone is 1. The monoisotopic (exact) mass is 426 g/mol. The highest BCUT2D eigenvalue weighted by Crippen LogP contribution is 2.30. The number of nitrogens with zero attached hydrogens (tertiary/aromatic N) is 2. The SMILES string of the molecule is C=CCn1c(SCc2cc(=O)oc3cc(O)c(CC)cc23)nc2sccc2c1=O. The predicted molar refractivity (Wildman–Crippen MR) is 117 cm³/mol. The number of fused-ring (bicyclic) bond motifs is 2. The summed E-state index contributed by atoms with van der Waals surface area (Å²) in [5.74, 6) is 0.536. The second-order valence-corrected chi connectivity index (χ2v) is 8.29. The van der Waals surface area contributed by atoms with Gasteiger partial charge in [0.15, 0.2) is 5.16 Å². The lowest BCUT2D eigenvalue weighted by molar-refractivity contribution is 0.466. The summed E-state index contributed by atoms with van der Waals surface area (Å²) < 4.78 is 6.84. The minimum Gasteiger partial charge on any atom is -0.508 e. The number of phenolic OH excluding ortho intramolecular Hbond substituents is 1. The van der Waals surface area contributed by atoms with Gasteiger partial charge in [0.1, 0.15) is 16.2 Å². The van der Waals surface area contributed by atoms with Crippen LogP contribution in [0.15, 0.2) is 61.5 Å². The first-order valence-electron chi connectivity index (χ1n) is 9.02. The first kappa shape index (κ1) is 19.5. The average Bonchev–Trinajstić information content (AvgIpc) is 3.17. The molecule has 8 heteroatoms. The summed E-state index contributed by atoms with van der Waals surface area (Å²) in [7, 11) is 0. The molecule has 0 aliphatic rings. The van der Waals surface area contributed by atoms with E-state index < -0.39 is 5.63 Å². The van der Waals surface area contributed by atoms with E-state index in [1.165, 1.54) is 35.2 Å². The van der Waals surface area contributed by atoms with Gasteiger partial charge in [-0.2, -0.15) is 0 Å². The maximum Gasteiger partial charge on any atom is 0.336 e. The van der Waals surface area contributed by atoms with Gasteiger partial charge in [-0.15, -0.1) is 17.9 Å². The van der Waals surface area contributed by atoms with Crippen molar-refractivity contribution in [1.29, 1.82) is 0 Å². The number of phenols is 1. The third-order valence-electron chi connectivity index (χ3n) is 4.63. The van der Waals surface area contributed by atoms with Crippen LogP contribution in [0.4, 0.5) is 0 Å². The van der Waals surface area contributed by atoms with E-state index in [-0.39, 0.29) is 11.3 Å². The smallest absolute Gasteiger partial charge is 0.336 e. The highest BCUT2D eigenvalue weighted by atomic mass is 32.2. The summed E-state index contributed by atoms with van der Waals surface area (Å²) in [6.07, 6.45) is 2.32. The third kappa shape index (κ3) is 3.61. The Labute approximate surface area is 174 Å². The van der Waals surface area contributed by atoms with Gasteiger partial charge in [-0.1, -0.05) is 24.8 Å². The number of hydrogen-bond donors (Lipinski definition) is 1. The van der Waals surface area contributed by atoms with E-state index in [4.69, 9.17) is 4.42 Å². The van der Waals surface area contributed by atoms with Gasteiger partial charge < -0.3 is 9.52 Å². The van der Waals surface area contributed by atoms with Crippen LogP contribution < -0.4 is 11.2 Å². The molecule has 0 amide bonds. The van der Waals surface area contributed by atoms with E-state index in [2.05, 4.69) is 11.6 Å². The van der Waals surface area contributed by atoms with Gasteiger partial charge in [-0.05, 0) is 35.1 Å². The van der Waals surface area contributed by atoms with E-state index in [1.54, 1.807) is 16.7 Å². The number of aryl methyl sites for hydroxylation is 1. The molecule has 0 atom stereocenters. The van der Waals surface area contributed by atoms with Crippen LogP contribution in [-0.2, 0) is 18.7 Å². The number of hydrogen-bond acceptors (Lipinski definition) is 7. The Morgan fingerprint density at radius 2 is 2.10 bits per heavy atom. The lowest BCUT2D eigenvalue weighted by atomic mass is 10.1. The fourth-order valence-electron chi connectivity index (χ4n) is 3.18. The zero-order valence-corrected chi connectivity index (χ0v) is 17.3. The summed E-state index contributed by atoms with van der Waals surface area (Å²) in [5, 5.41) is 13.9. The van der Waals surface area contributed by atoms with Crippen LogP contribution in [0.25, 0.3) is 21.2 Å². The minimum absolute atomic E-state index is 0.103. The summed E-state index contributed by atoms with van der Waals surface area (Å²) in [6, 6.07) is 6.55. The molecule has 4 rings (SSSR count). The number of aromatic nitrogens is 2. The first-order valence-corrected chi connectivity index (χ1v) is 10.9. The first-order chi connectivity index (χ1) is 14.0. The Hall–Kier alpha value is -2.84. The van der Waals surface area contributed by atoms with Gasteiger partial charge >= 0.3 is 5.63 Å². The normalized spacial score (nSPS) is 11.3. The largest absolute Gasteiger partial charge is 0.508 e. The van der Waals surface area contributed by atoms with Gasteiger partial charge in [0.05, 0.1) is 5.39 Å². The van der Waals surface area contributed by atoms with Crippen LogP contribution in [0.1, 0.15) is 18.1 Å². The van der Waals surface area contributed by atoms with Crippen molar-refractivity contribution in [2.24, 2.45) is 0 Å². The number of aromatic hydroxyl groups is 1. The van der Waals surface area contributed by atoms with Crippen LogP contribution in [0, 0.1) is 0 Å². The maximum atomic E-state index is 12.8. The van der Waals surface area contributed by atoms with Crippen LogP contribution in [0.2, 0.25) is 0 Å². The summed E-state index contributed by atoms with van der Waals surface area (Å²) in [5.41, 5.74) is 1.30. The van der Waals surface area contributed by atoms with E-state index >= 15 is 0 Å². The van der Waals surface area contributed by atoms with E-state index in [9.17, 15) is 14.7 Å². The molecule has 3 aromatic heterocycles. The van der Waals surface area contributed by atoms with Gasteiger partial charge in [-0.25, -0.2) is 9.78 Å². The molecule has 29 heavy (non-hydrogen) atoms. The lowest BCUT2D eigenvalue weighted by Crippen LogP contribution is -2.22. The zero-order valence-electron chi connectivity index (χ0n) is 15.7. The van der Waals surface area contributed by atoms with Crippen molar-refractivity contribution >= 4 is 44.3 Å². The number of thioether (sulfide) groups is 1. The molecule has 0 saturated carbocycles. The molecule has 0 aliphatic carbocycles. The molecule has 1 N–H and O–H groups in total. The number of benzene rings is 1. The van der Waals surface area contributed by atoms with Crippen molar-refractivity contribution in [3.8, 4) is 5.75 Å². The van der Waals surface area contributed by atoms with Crippen molar-refractivity contribution in [2.75, 3.05) is 0 Å². The van der Waals surface area contributed by atoms with Crippen LogP contribution in [0.3, 0.4) is 0 Å². The minimum atomic E-state index is -0.484. The van der Waals surface area contributed by atoms with Crippen LogP contribution in [0.5, 0.6) is 5.75 Å². The van der Waals surface area contributed by atoms with E-state index in [0.29, 0.717) is 39.7 Å². The Morgan fingerprint density at radius 1 is 1.28 bits per heavy atom. The summed E-state index contributed by atoms with van der Waals surface area (Å²) in [4.78, 5) is 30.1. The molecular weight excluding hydrogens is 408 g/mol. The molecular formula is C21H18N2O4S2. The molecule has 0 bridgehead atoms. The Balaban J connectivity index is 1.79. The summed E-state index contributed by atoms with van der Waals surface area (Å²) >= 11 is 2.80.